The second kappa shape index (κ2) is 6.35. The Kier molecular flexibility index (Phi) is 4.29. The minimum absolute atomic E-state index is 0.0865. The Morgan fingerprint density at radius 2 is 2.14 bits per heavy atom. The monoisotopic (exact) mass is 291 g/mol. The van der Waals surface area contributed by atoms with Crippen molar-refractivity contribution in [2.24, 2.45) is 5.92 Å². The van der Waals surface area contributed by atoms with Crippen molar-refractivity contribution < 1.29 is 19.0 Å². The van der Waals surface area contributed by atoms with Gasteiger partial charge in [0.15, 0.2) is 0 Å². The summed E-state index contributed by atoms with van der Waals surface area (Å²) in [5, 5.41) is 3.12. The number of hydrogen-bond acceptors (Lipinski definition) is 4. The molecule has 21 heavy (non-hydrogen) atoms. The van der Waals surface area contributed by atoms with Crippen molar-refractivity contribution >= 4 is 5.91 Å². The summed E-state index contributed by atoms with van der Waals surface area (Å²) in [5.74, 6) is 1.57. The number of amides is 1. The van der Waals surface area contributed by atoms with E-state index >= 15 is 0 Å². The lowest BCUT2D eigenvalue weighted by molar-refractivity contribution is -0.127. The van der Waals surface area contributed by atoms with E-state index in [1.54, 1.807) is 7.11 Å². The fourth-order valence-corrected chi connectivity index (χ4v) is 2.81. The molecule has 1 saturated heterocycles. The second-order valence-electron chi connectivity index (χ2n) is 5.58. The van der Waals surface area contributed by atoms with E-state index in [2.05, 4.69) is 5.32 Å². The number of fused-ring (bicyclic) bond motifs is 1. The molecule has 1 fully saturated rings. The number of hydrogen-bond donors (Lipinski definition) is 1. The number of methoxy groups -OCH3 is 1. The molecule has 1 aromatic rings. The number of ether oxygens (including phenoxy) is 3. The molecule has 1 N–H and O–H groups in total. The SMILES string of the molecule is COc1ccc2c(c1)OC[C@@H](C(=O)NC1CCOCC1)C2. The van der Waals surface area contributed by atoms with E-state index in [9.17, 15) is 4.79 Å². The van der Waals surface area contributed by atoms with Gasteiger partial charge in [-0.2, -0.15) is 0 Å². The van der Waals surface area contributed by atoms with Gasteiger partial charge >= 0.3 is 0 Å². The van der Waals surface area contributed by atoms with E-state index in [1.165, 1.54) is 0 Å². The van der Waals surface area contributed by atoms with Gasteiger partial charge in [-0.15, -0.1) is 0 Å². The van der Waals surface area contributed by atoms with Crippen molar-refractivity contribution in [3.63, 3.8) is 0 Å². The van der Waals surface area contributed by atoms with Crippen LogP contribution in [0.4, 0.5) is 0 Å². The third-order valence-electron chi connectivity index (χ3n) is 4.12. The topological polar surface area (TPSA) is 56.8 Å². The maximum atomic E-state index is 12.3. The number of rotatable bonds is 3. The van der Waals surface area contributed by atoms with Crippen LogP contribution in [-0.4, -0.2) is 38.9 Å². The van der Waals surface area contributed by atoms with Gasteiger partial charge in [-0.1, -0.05) is 6.07 Å². The predicted molar refractivity (Wildman–Crippen MR) is 77.7 cm³/mol. The molecule has 0 aliphatic carbocycles. The predicted octanol–water partition coefficient (Wildman–Crippen LogP) is 1.54. The van der Waals surface area contributed by atoms with Crippen molar-refractivity contribution in [1.29, 1.82) is 0 Å². The quantitative estimate of drug-likeness (QED) is 0.918. The highest BCUT2D eigenvalue weighted by Gasteiger charge is 2.28. The van der Waals surface area contributed by atoms with Crippen LogP contribution in [0.1, 0.15) is 18.4 Å². The Balaban J connectivity index is 1.61. The average Bonchev–Trinajstić information content (AvgIpc) is 2.54. The first-order chi connectivity index (χ1) is 10.3. The molecule has 1 aromatic carbocycles. The highest BCUT2D eigenvalue weighted by Crippen LogP contribution is 2.31. The zero-order valence-corrected chi connectivity index (χ0v) is 12.3. The first-order valence-corrected chi connectivity index (χ1v) is 7.44. The van der Waals surface area contributed by atoms with Crippen LogP contribution in [0.15, 0.2) is 18.2 Å². The van der Waals surface area contributed by atoms with Gasteiger partial charge in [0.25, 0.3) is 0 Å². The smallest absolute Gasteiger partial charge is 0.227 e. The highest BCUT2D eigenvalue weighted by molar-refractivity contribution is 5.80. The second-order valence-corrected chi connectivity index (χ2v) is 5.58. The Bertz CT molecular complexity index is 511. The molecule has 2 heterocycles. The molecule has 0 aromatic heterocycles. The number of benzene rings is 1. The van der Waals surface area contributed by atoms with Gasteiger partial charge in [0.1, 0.15) is 18.1 Å². The summed E-state index contributed by atoms with van der Waals surface area (Å²) in [6.07, 6.45) is 2.51. The molecule has 2 aliphatic heterocycles. The minimum Gasteiger partial charge on any atom is -0.497 e. The number of nitrogens with one attached hydrogen (secondary N) is 1. The first kappa shape index (κ1) is 14.2. The van der Waals surface area contributed by atoms with Crippen molar-refractivity contribution in [2.75, 3.05) is 26.9 Å². The van der Waals surface area contributed by atoms with Crippen LogP contribution >= 0.6 is 0 Å². The third-order valence-corrected chi connectivity index (χ3v) is 4.12. The summed E-state index contributed by atoms with van der Waals surface area (Å²) in [4.78, 5) is 12.3. The van der Waals surface area contributed by atoms with Crippen molar-refractivity contribution in [1.82, 2.24) is 5.32 Å². The van der Waals surface area contributed by atoms with Crippen molar-refractivity contribution in [2.45, 2.75) is 25.3 Å². The minimum atomic E-state index is -0.117. The molecular weight excluding hydrogens is 270 g/mol. The van der Waals surface area contributed by atoms with Gasteiger partial charge in [0.2, 0.25) is 5.91 Å². The Morgan fingerprint density at radius 1 is 1.33 bits per heavy atom. The highest BCUT2D eigenvalue weighted by atomic mass is 16.5. The zero-order chi connectivity index (χ0) is 14.7. The van der Waals surface area contributed by atoms with Crippen LogP contribution in [0.2, 0.25) is 0 Å². The lowest BCUT2D eigenvalue weighted by Gasteiger charge is -2.28. The molecular formula is C16H21NO4. The summed E-state index contributed by atoms with van der Waals surface area (Å²) < 4.78 is 16.2. The summed E-state index contributed by atoms with van der Waals surface area (Å²) in [6, 6.07) is 5.99. The maximum Gasteiger partial charge on any atom is 0.227 e. The maximum absolute atomic E-state index is 12.3. The van der Waals surface area contributed by atoms with E-state index in [-0.39, 0.29) is 17.9 Å². The first-order valence-electron chi connectivity index (χ1n) is 7.44. The summed E-state index contributed by atoms with van der Waals surface area (Å²) >= 11 is 0. The molecule has 5 heteroatoms. The molecule has 2 aliphatic rings. The summed E-state index contributed by atoms with van der Waals surface area (Å²) in [6.45, 7) is 1.89. The fraction of sp³-hybridized carbons (Fsp3) is 0.562. The van der Waals surface area contributed by atoms with E-state index in [0.717, 1.165) is 43.1 Å². The Labute approximate surface area is 124 Å². The van der Waals surface area contributed by atoms with E-state index < -0.39 is 0 Å². The third kappa shape index (κ3) is 3.29. The number of carbonyl (C=O) groups excluding carboxylic acids is 1. The van der Waals surface area contributed by atoms with Gasteiger partial charge in [-0.25, -0.2) is 0 Å². The van der Waals surface area contributed by atoms with Crippen LogP contribution in [0.3, 0.4) is 0 Å². The van der Waals surface area contributed by atoms with Gasteiger partial charge in [0, 0.05) is 25.3 Å². The summed E-state index contributed by atoms with van der Waals surface area (Å²) in [5.41, 5.74) is 1.06. The standard InChI is InChI=1S/C16H21NO4/c1-19-14-3-2-11-8-12(10-21-15(11)9-14)16(18)17-13-4-6-20-7-5-13/h2-3,9,12-13H,4-8,10H2,1H3,(H,17,18)/t12-/m0/s1. The van der Waals surface area contributed by atoms with Gasteiger partial charge in [0.05, 0.1) is 13.0 Å². The van der Waals surface area contributed by atoms with Crippen LogP contribution in [0, 0.1) is 5.92 Å². The van der Waals surface area contributed by atoms with Crippen LogP contribution < -0.4 is 14.8 Å². The summed E-state index contributed by atoms with van der Waals surface area (Å²) in [7, 11) is 1.63. The van der Waals surface area contributed by atoms with Crippen LogP contribution in [-0.2, 0) is 16.0 Å². The van der Waals surface area contributed by atoms with Gasteiger partial charge < -0.3 is 19.5 Å². The van der Waals surface area contributed by atoms with Crippen LogP contribution in [0.5, 0.6) is 11.5 Å². The molecule has 0 radical (unpaired) electrons. The van der Waals surface area contributed by atoms with Crippen molar-refractivity contribution in [3.05, 3.63) is 23.8 Å². The van der Waals surface area contributed by atoms with E-state index in [0.29, 0.717) is 13.0 Å². The molecule has 3 rings (SSSR count). The fourth-order valence-electron chi connectivity index (χ4n) is 2.81. The molecule has 0 saturated carbocycles. The Hall–Kier alpha value is -1.75. The molecule has 1 amide bonds. The molecule has 1 atom stereocenters. The lowest BCUT2D eigenvalue weighted by Crippen LogP contribution is -2.44. The molecule has 0 spiro atoms. The lowest BCUT2D eigenvalue weighted by atomic mass is 9.95. The molecule has 0 bridgehead atoms. The molecule has 0 unspecified atom stereocenters. The van der Waals surface area contributed by atoms with Gasteiger partial charge in [-0.05, 0) is 30.9 Å². The van der Waals surface area contributed by atoms with E-state index in [1.807, 2.05) is 18.2 Å². The number of carbonyl (C=O) groups is 1. The largest absolute Gasteiger partial charge is 0.497 e. The van der Waals surface area contributed by atoms with Crippen molar-refractivity contribution in [3.8, 4) is 11.5 Å². The van der Waals surface area contributed by atoms with Crippen LogP contribution in [0.25, 0.3) is 0 Å². The normalized spacial score (nSPS) is 22.0. The average molecular weight is 291 g/mol. The zero-order valence-electron chi connectivity index (χ0n) is 12.3. The molecule has 114 valence electrons. The van der Waals surface area contributed by atoms with E-state index in [4.69, 9.17) is 14.2 Å². The van der Waals surface area contributed by atoms with Gasteiger partial charge in [-0.3, -0.25) is 4.79 Å². The molecule has 5 nitrogen and oxygen atoms in total. The Morgan fingerprint density at radius 3 is 2.90 bits per heavy atom.